The van der Waals surface area contributed by atoms with Gasteiger partial charge in [-0.25, -0.2) is 0 Å². The molecule has 132 valence electrons. The lowest BCUT2D eigenvalue weighted by molar-refractivity contribution is 0.0963. The second-order valence-electron chi connectivity index (χ2n) is 7.27. The fourth-order valence-corrected chi connectivity index (χ4v) is 3.69. The predicted octanol–water partition coefficient (Wildman–Crippen LogP) is 5.36. The van der Waals surface area contributed by atoms with Crippen molar-refractivity contribution in [3.8, 4) is 0 Å². The summed E-state index contributed by atoms with van der Waals surface area (Å²) in [5.74, 6) is 0.580. The van der Waals surface area contributed by atoms with Crippen LogP contribution in [0, 0.1) is 0 Å². The van der Waals surface area contributed by atoms with Gasteiger partial charge in [0.15, 0.2) is 0 Å². The van der Waals surface area contributed by atoms with Gasteiger partial charge in [-0.2, -0.15) is 0 Å². The molecule has 23 heavy (non-hydrogen) atoms. The van der Waals surface area contributed by atoms with Gasteiger partial charge in [0, 0.05) is 5.92 Å². The normalized spacial score (nSPS) is 13.2. The van der Waals surface area contributed by atoms with Crippen LogP contribution in [-0.4, -0.2) is 44.2 Å². The summed E-state index contributed by atoms with van der Waals surface area (Å²) in [7, 11) is 8.80. The highest BCUT2D eigenvalue weighted by molar-refractivity contribution is 5.21. The average molecular weight is 319 g/mol. The van der Waals surface area contributed by atoms with Gasteiger partial charge in [-0.15, -0.1) is 0 Å². The molecule has 0 N–H and O–H groups in total. The molecule has 0 radical (unpaired) electrons. The Morgan fingerprint density at radius 1 is 0.739 bits per heavy atom. The summed E-state index contributed by atoms with van der Waals surface area (Å²) in [6.45, 7) is 2.28. The Labute approximate surface area is 144 Å². The standard InChI is InChI=1S/C21H38N2/c1-6-7-8-9-10-11-15-18-20(19-16-13-12-14-17-19)21(22(2)3)23(4)5/h12-14,16-17,20-21H,6-11,15,18H2,1-5H3. The Morgan fingerprint density at radius 2 is 1.26 bits per heavy atom. The molecule has 0 aliphatic heterocycles. The fourth-order valence-electron chi connectivity index (χ4n) is 3.69. The van der Waals surface area contributed by atoms with E-state index in [1.807, 2.05) is 0 Å². The molecule has 1 aromatic rings. The van der Waals surface area contributed by atoms with Crippen LogP contribution in [-0.2, 0) is 0 Å². The van der Waals surface area contributed by atoms with Gasteiger partial charge in [-0.05, 0) is 40.2 Å². The molecule has 0 saturated heterocycles. The highest BCUT2D eigenvalue weighted by Crippen LogP contribution is 2.29. The van der Waals surface area contributed by atoms with Crippen molar-refractivity contribution in [2.75, 3.05) is 28.2 Å². The Balaban J connectivity index is 2.59. The van der Waals surface area contributed by atoms with Crippen LogP contribution in [0.1, 0.15) is 69.8 Å². The summed E-state index contributed by atoms with van der Waals surface area (Å²) < 4.78 is 0. The SMILES string of the molecule is CCCCCCCCCC(c1ccccc1)C(N(C)C)N(C)C. The van der Waals surface area contributed by atoms with Crippen molar-refractivity contribution in [3.05, 3.63) is 35.9 Å². The van der Waals surface area contributed by atoms with E-state index >= 15 is 0 Å². The second-order valence-corrected chi connectivity index (χ2v) is 7.27. The lowest BCUT2D eigenvalue weighted by atomic mass is 9.89. The highest BCUT2D eigenvalue weighted by Gasteiger charge is 2.26. The first kappa shape index (κ1) is 20.2. The van der Waals surface area contributed by atoms with Crippen LogP contribution in [0.4, 0.5) is 0 Å². The molecule has 0 fully saturated rings. The van der Waals surface area contributed by atoms with E-state index in [-0.39, 0.29) is 0 Å². The first-order valence-electron chi connectivity index (χ1n) is 9.45. The number of likely N-dealkylation sites (N-methyl/N-ethyl adjacent to an activating group) is 2. The molecule has 0 spiro atoms. The number of benzene rings is 1. The van der Waals surface area contributed by atoms with Crippen LogP contribution < -0.4 is 0 Å². The van der Waals surface area contributed by atoms with Crippen LogP contribution in [0.5, 0.6) is 0 Å². The summed E-state index contributed by atoms with van der Waals surface area (Å²) in [6, 6.07) is 11.1. The zero-order chi connectivity index (χ0) is 17.1. The monoisotopic (exact) mass is 318 g/mol. The summed E-state index contributed by atoms with van der Waals surface area (Å²) in [5.41, 5.74) is 1.48. The van der Waals surface area contributed by atoms with Crippen molar-refractivity contribution in [1.29, 1.82) is 0 Å². The minimum Gasteiger partial charge on any atom is -0.294 e. The van der Waals surface area contributed by atoms with E-state index in [1.54, 1.807) is 0 Å². The molecule has 0 saturated carbocycles. The van der Waals surface area contributed by atoms with Crippen molar-refractivity contribution in [1.82, 2.24) is 9.80 Å². The quantitative estimate of drug-likeness (QED) is 0.378. The third-order valence-electron chi connectivity index (χ3n) is 4.76. The van der Waals surface area contributed by atoms with Gasteiger partial charge in [-0.1, -0.05) is 82.2 Å². The molecule has 0 aliphatic rings. The van der Waals surface area contributed by atoms with Gasteiger partial charge in [0.05, 0.1) is 6.17 Å². The van der Waals surface area contributed by atoms with Gasteiger partial charge in [0.1, 0.15) is 0 Å². The van der Waals surface area contributed by atoms with E-state index < -0.39 is 0 Å². The largest absolute Gasteiger partial charge is 0.294 e. The molecule has 0 aromatic heterocycles. The van der Waals surface area contributed by atoms with E-state index in [1.165, 1.54) is 56.9 Å². The topological polar surface area (TPSA) is 6.48 Å². The van der Waals surface area contributed by atoms with Crippen LogP contribution in [0.3, 0.4) is 0 Å². The van der Waals surface area contributed by atoms with Crippen LogP contribution in [0.25, 0.3) is 0 Å². The fraction of sp³-hybridized carbons (Fsp3) is 0.714. The summed E-state index contributed by atoms with van der Waals surface area (Å²) in [5, 5.41) is 0. The molecule has 0 aliphatic carbocycles. The van der Waals surface area contributed by atoms with Crippen molar-refractivity contribution in [2.45, 2.75) is 70.4 Å². The number of rotatable bonds is 12. The van der Waals surface area contributed by atoms with Crippen LogP contribution >= 0.6 is 0 Å². The molecule has 1 atom stereocenters. The molecule has 1 unspecified atom stereocenters. The molecule has 0 heterocycles. The van der Waals surface area contributed by atoms with Crippen molar-refractivity contribution in [2.24, 2.45) is 0 Å². The zero-order valence-electron chi connectivity index (χ0n) is 16.1. The van der Waals surface area contributed by atoms with E-state index in [9.17, 15) is 0 Å². The third-order valence-corrected chi connectivity index (χ3v) is 4.76. The van der Waals surface area contributed by atoms with Crippen molar-refractivity contribution >= 4 is 0 Å². The van der Waals surface area contributed by atoms with Gasteiger partial charge < -0.3 is 0 Å². The van der Waals surface area contributed by atoms with E-state index in [0.717, 1.165) is 0 Å². The second kappa shape index (κ2) is 11.6. The van der Waals surface area contributed by atoms with E-state index in [4.69, 9.17) is 0 Å². The lowest BCUT2D eigenvalue weighted by Gasteiger charge is -2.37. The molecular weight excluding hydrogens is 280 g/mol. The molecule has 1 aromatic carbocycles. The number of unbranched alkanes of at least 4 members (excludes halogenated alkanes) is 6. The molecular formula is C21H38N2. The van der Waals surface area contributed by atoms with Gasteiger partial charge >= 0.3 is 0 Å². The summed E-state index contributed by atoms with van der Waals surface area (Å²) in [6.07, 6.45) is 11.4. The Bertz CT molecular complexity index is 378. The third kappa shape index (κ3) is 7.50. The summed E-state index contributed by atoms with van der Waals surface area (Å²) in [4.78, 5) is 4.72. The maximum absolute atomic E-state index is 2.36. The first-order valence-corrected chi connectivity index (χ1v) is 9.45. The maximum atomic E-state index is 2.36. The first-order chi connectivity index (χ1) is 11.1. The van der Waals surface area contributed by atoms with Crippen molar-refractivity contribution < 1.29 is 0 Å². The van der Waals surface area contributed by atoms with E-state index in [2.05, 4.69) is 75.2 Å². The minimum atomic E-state index is 0.456. The predicted molar refractivity (Wildman–Crippen MR) is 103 cm³/mol. The van der Waals surface area contributed by atoms with Gasteiger partial charge in [0.25, 0.3) is 0 Å². The molecule has 1 rings (SSSR count). The van der Waals surface area contributed by atoms with Gasteiger partial charge in [0.2, 0.25) is 0 Å². The number of hydrogen-bond acceptors (Lipinski definition) is 2. The number of hydrogen-bond donors (Lipinski definition) is 0. The van der Waals surface area contributed by atoms with Gasteiger partial charge in [-0.3, -0.25) is 9.80 Å². The average Bonchev–Trinajstić information content (AvgIpc) is 2.53. The Hall–Kier alpha value is -0.860. The van der Waals surface area contributed by atoms with Crippen LogP contribution in [0.2, 0.25) is 0 Å². The lowest BCUT2D eigenvalue weighted by Crippen LogP contribution is -2.45. The van der Waals surface area contributed by atoms with Crippen LogP contribution in [0.15, 0.2) is 30.3 Å². The van der Waals surface area contributed by atoms with Crippen molar-refractivity contribution in [3.63, 3.8) is 0 Å². The smallest absolute Gasteiger partial charge is 0.0682 e. The molecule has 0 bridgehead atoms. The highest BCUT2D eigenvalue weighted by atomic mass is 15.3. The summed E-state index contributed by atoms with van der Waals surface area (Å²) >= 11 is 0. The molecule has 0 amide bonds. The Morgan fingerprint density at radius 3 is 1.78 bits per heavy atom. The molecule has 2 heteroatoms. The Kier molecular flexibility index (Phi) is 10.2. The number of nitrogens with zero attached hydrogens (tertiary/aromatic N) is 2. The minimum absolute atomic E-state index is 0.456. The van der Waals surface area contributed by atoms with E-state index in [0.29, 0.717) is 12.1 Å². The maximum Gasteiger partial charge on any atom is 0.0682 e. The molecule has 2 nitrogen and oxygen atoms in total. The zero-order valence-corrected chi connectivity index (χ0v) is 16.1.